The van der Waals surface area contributed by atoms with Crippen LogP contribution < -0.4 is 5.73 Å². The first kappa shape index (κ1) is 13.7. The molecular formula is C15H21N3O. The fourth-order valence-corrected chi connectivity index (χ4v) is 2.37. The molecule has 0 fully saturated rings. The highest BCUT2D eigenvalue weighted by Gasteiger charge is 2.17. The fourth-order valence-electron chi connectivity index (χ4n) is 2.37. The Balaban J connectivity index is 2.27. The lowest BCUT2D eigenvalue weighted by Crippen LogP contribution is -2.32. The Bertz CT molecular complexity index is 574. The van der Waals surface area contributed by atoms with Crippen LogP contribution in [-0.4, -0.2) is 21.4 Å². The minimum atomic E-state index is -0.366. The molecule has 1 aromatic carbocycles. The maximum absolute atomic E-state index is 12.1. The summed E-state index contributed by atoms with van der Waals surface area (Å²) in [6.45, 7) is 4.91. The molecule has 102 valence electrons. The summed E-state index contributed by atoms with van der Waals surface area (Å²) in [7, 11) is 0. The second-order valence-electron chi connectivity index (χ2n) is 4.80. The van der Waals surface area contributed by atoms with Crippen molar-refractivity contribution in [3.8, 4) is 0 Å². The van der Waals surface area contributed by atoms with Crippen molar-refractivity contribution in [1.82, 2.24) is 9.55 Å². The number of nitrogens with zero attached hydrogens (tertiary/aromatic N) is 2. The lowest BCUT2D eigenvalue weighted by Gasteiger charge is -2.10. The number of aryl methyl sites for hydroxylation is 1. The normalized spacial score (nSPS) is 12.8. The van der Waals surface area contributed by atoms with E-state index < -0.39 is 0 Å². The van der Waals surface area contributed by atoms with Crippen LogP contribution in [0.15, 0.2) is 24.3 Å². The summed E-state index contributed by atoms with van der Waals surface area (Å²) in [5, 5.41) is 0. The van der Waals surface area contributed by atoms with Crippen molar-refractivity contribution in [1.29, 1.82) is 0 Å². The Morgan fingerprint density at radius 1 is 1.37 bits per heavy atom. The van der Waals surface area contributed by atoms with E-state index in [2.05, 4.69) is 16.5 Å². The molecule has 0 aliphatic rings. The molecular weight excluding hydrogens is 238 g/mol. The number of nitrogens with two attached hydrogens (primary N) is 1. The van der Waals surface area contributed by atoms with Crippen molar-refractivity contribution in [3.63, 3.8) is 0 Å². The number of benzene rings is 1. The van der Waals surface area contributed by atoms with E-state index in [1.807, 2.05) is 31.2 Å². The zero-order chi connectivity index (χ0) is 13.8. The molecule has 0 aliphatic carbocycles. The van der Waals surface area contributed by atoms with E-state index in [0.717, 1.165) is 36.2 Å². The number of rotatable bonds is 6. The number of fused-ring (bicyclic) bond motifs is 1. The number of imidazole rings is 1. The lowest BCUT2D eigenvalue weighted by atomic mass is 10.1. The number of ketones is 1. The van der Waals surface area contributed by atoms with Gasteiger partial charge < -0.3 is 10.3 Å². The summed E-state index contributed by atoms with van der Waals surface area (Å²) in [4.78, 5) is 16.6. The van der Waals surface area contributed by atoms with Gasteiger partial charge in [-0.2, -0.15) is 0 Å². The van der Waals surface area contributed by atoms with Gasteiger partial charge in [0, 0.05) is 6.54 Å². The predicted molar refractivity (Wildman–Crippen MR) is 77.0 cm³/mol. The molecule has 4 heteroatoms. The summed E-state index contributed by atoms with van der Waals surface area (Å²) in [5.41, 5.74) is 7.90. The van der Waals surface area contributed by atoms with E-state index in [0.29, 0.717) is 6.42 Å². The zero-order valence-electron chi connectivity index (χ0n) is 11.6. The number of carbonyl (C=O) groups is 1. The first-order chi connectivity index (χ1) is 9.17. The van der Waals surface area contributed by atoms with Crippen molar-refractivity contribution in [3.05, 3.63) is 30.1 Å². The van der Waals surface area contributed by atoms with Crippen LogP contribution in [0.25, 0.3) is 11.0 Å². The number of Topliss-reactive ketones (excluding diaryl/α,β-unsaturated/α-hetero) is 1. The highest BCUT2D eigenvalue weighted by atomic mass is 16.1. The molecule has 2 N–H and O–H groups in total. The maximum Gasteiger partial charge on any atom is 0.157 e. The van der Waals surface area contributed by atoms with E-state index in [1.165, 1.54) is 0 Å². The van der Waals surface area contributed by atoms with Gasteiger partial charge >= 0.3 is 0 Å². The molecule has 0 aliphatic heterocycles. The van der Waals surface area contributed by atoms with Crippen LogP contribution in [0.2, 0.25) is 0 Å². The minimum absolute atomic E-state index is 0.0758. The molecule has 1 aromatic heterocycles. The second-order valence-corrected chi connectivity index (χ2v) is 4.80. The Morgan fingerprint density at radius 2 is 2.11 bits per heavy atom. The van der Waals surface area contributed by atoms with Gasteiger partial charge in [0.1, 0.15) is 5.82 Å². The molecule has 2 aromatic rings. The Morgan fingerprint density at radius 3 is 2.79 bits per heavy atom. The number of para-hydroxylation sites is 2. The SMILES string of the molecule is CCCC(N)C(=O)Cc1nc2ccccc2n1CC. The van der Waals surface area contributed by atoms with Crippen molar-refractivity contribution >= 4 is 16.8 Å². The van der Waals surface area contributed by atoms with Gasteiger partial charge in [0.25, 0.3) is 0 Å². The van der Waals surface area contributed by atoms with E-state index in [4.69, 9.17) is 5.73 Å². The average molecular weight is 259 g/mol. The van der Waals surface area contributed by atoms with Gasteiger partial charge in [-0.3, -0.25) is 4.79 Å². The third kappa shape index (κ3) is 2.84. The second kappa shape index (κ2) is 5.97. The smallest absolute Gasteiger partial charge is 0.157 e. The molecule has 0 saturated carbocycles. The quantitative estimate of drug-likeness (QED) is 0.865. The van der Waals surface area contributed by atoms with Crippen LogP contribution in [0.4, 0.5) is 0 Å². The molecule has 19 heavy (non-hydrogen) atoms. The molecule has 0 spiro atoms. The standard InChI is InChI=1S/C15H21N3O/c1-3-7-11(16)14(19)10-15-17-12-8-5-6-9-13(12)18(15)4-2/h5-6,8-9,11H,3-4,7,10,16H2,1-2H3. The third-order valence-electron chi connectivity index (χ3n) is 3.40. The van der Waals surface area contributed by atoms with E-state index in [1.54, 1.807) is 0 Å². The summed E-state index contributed by atoms with van der Waals surface area (Å²) >= 11 is 0. The van der Waals surface area contributed by atoms with Crippen LogP contribution >= 0.6 is 0 Å². The van der Waals surface area contributed by atoms with Gasteiger partial charge in [0.05, 0.1) is 23.5 Å². The molecule has 1 atom stereocenters. The minimum Gasteiger partial charge on any atom is -0.328 e. The van der Waals surface area contributed by atoms with Crippen molar-refractivity contribution in [2.24, 2.45) is 5.73 Å². The molecule has 1 unspecified atom stereocenters. The summed E-state index contributed by atoms with van der Waals surface area (Å²) in [6.07, 6.45) is 1.99. The monoisotopic (exact) mass is 259 g/mol. The van der Waals surface area contributed by atoms with Crippen LogP contribution in [0, 0.1) is 0 Å². The predicted octanol–water partition coefficient (Wildman–Crippen LogP) is 2.30. The number of aromatic nitrogens is 2. The van der Waals surface area contributed by atoms with Gasteiger partial charge in [-0.05, 0) is 25.5 Å². The van der Waals surface area contributed by atoms with Crippen molar-refractivity contribution < 1.29 is 4.79 Å². The molecule has 0 bridgehead atoms. The lowest BCUT2D eigenvalue weighted by molar-refractivity contribution is -0.119. The maximum atomic E-state index is 12.1. The highest BCUT2D eigenvalue weighted by molar-refractivity contribution is 5.86. The molecule has 1 heterocycles. The molecule has 4 nitrogen and oxygen atoms in total. The van der Waals surface area contributed by atoms with E-state index in [-0.39, 0.29) is 11.8 Å². The Labute approximate surface area is 113 Å². The molecule has 2 rings (SSSR count). The van der Waals surface area contributed by atoms with Gasteiger partial charge in [0.2, 0.25) is 0 Å². The van der Waals surface area contributed by atoms with Crippen LogP contribution in [-0.2, 0) is 17.8 Å². The highest BCUT2D eigenvalue weighted by Crippen LogP contribution is 2.16. The van der Waals surface area contributed by atoms with Crippen LogP contribution in [0.5, 0.6) is 0 Å². The van der Waals surface area contributed by atoms with Crippen molar-refractivity contribution in [2.75, 3.05) is 0 Å². The van der Waals surface area contributed by atoms with Crippen molar-refractivity contribution in [2.45, 2.75) is 45.7 Å². The van der Waals surface area contributed by atoms with E-state index >= 15 is 0 Å². The summed E-state index contributed by atoms with van der Waals surface area (Å²) in [6, 6.07) is 7.59. The Kier molecular flexibility index (Phi) is 4.32. The fraction of sp³-hybridized carbons (Fsp3) is 0.467. The molecule has 0 amide bonds. The number of hydrogen-bond donors (Lipinski definition) is 1. The summed E-state index contributed by atoms with van der Waals surface area (Å²) < 4.78 is 2.09. The van der Waals surface area contributed by atoms with Gasteiger partial charge in [-0.1, -0.05) is 25.5 Å². The first-order valence-corrected chi connectivity index (χ1v) is 6.89. The van der Waals surface area contributed by atoms with E-state index in [9.17, 15) is 4.79 Å². The van der Waals surface area contributed by atoms with Crippen LogP contribution in [0.3, 0.4) is 0 Å². The Hall–Kier alpha value is -1.68. The first-order valence-electron chi connectivity index (χ1n) is 6.89. The van der Waals surface area contributed by atoms with Gasteiger partial charge in [-0.25, -0.2) is 4.98 Å². The topological polar surface area (TPSA) is 60.9 Å². The van der Waals surface area contributed by atoms with Gasteiger partial charge in [-0.15, -0.1) is 0 Å². The molecule has 0 saturated heterocycles. The number of hydrogen-bond acceptors (Lipinski definition) is 3. The zero-order valence-corrected chi connectivity index (χ0v) is 11.6. The summed E-state index contributed by atoms with van der Waals surface area (Å²) in [5.74, 6) is 0.895. The third-order valence-corrected chi connectivity index (χ3v) is 3.40. The largest absolute Gasteiger partial charge is 0.328 e. The van der Waals surface area contributed by atoms with Crippen LogP contribution in [0.1, 0.15) is 32.5 Å². The average Bonchev–Trinajstić information content (AvgIpc) is 2.75. The van der Waals surface area contributed by atoms with Gasteiger partial charge in [0.15, 0.2) is 5.78 Å². The molecule has 0 radical (unpaired) electrons. The number of carbonyl (C=O) groups excluding carboxylic acids is 1.